The van der Waals surface area contributed by atoms with Gasteiger partial charge in [-0.1, -0.05) is 0 Å². The van der Waals surface area contributed by atoms with E-state index in [1.54, 1.807) is 25.1 Å². The lowest BCUT2D eigenvalue weighted by atomic mass is 10.2. The molecule has 0 saturated heterocycles. The number of hydrazine groups is 1. The van der Waals surface area contributed by atoms with Crippen molar-refractivity contribution in [2.75, 3.05) is 0 Å². The zero-order chi connectivity index (χ0) is 15.4. The van der Waals surface area contributed by atoms with E-state index in [2.05, 4.69) is 5.43 Å². The van der Waals surface area contributed by atoms with Crippen molar-refractivity contribution in [1.82, 2.24) is 5.43 Å². The fourth-order valence-electron chi connectivity index (χ4n) is 1.71. The third kappa shape index (κ3) is 3.56. The summed E-state index contributed by atoms with van der Waals surface area (Å²) in [4.78, 5) is 22.9. The lowest BCUT2D eigenvalue weighted by Gasteiger charge is -2.07. The van der Waals surface area contributed by atoms with Crippen LogP contribution in [0.25, 0.3) is 0 Å². The molecule has 1 amide bonds. The van der Waals surface area contributed by atoms with Crippen LogP contribution in [0.5, 0.6) is 5.75 Å². The Kier molecular flexibility index (Phi) is 4.51. The zero-order valence-electron chi connectivity index (χ0n) is 11.2. The van der Waals surface area contributed by atoms with Gasteiger partial charge in [-0.2, -0.15) is 0 Å². The van der Waals surface area contributed by atoms with Crippen LogP contribution < -0.4 is 16.0 Å². The van der Waals surface area contributed by atoms with Gasteiger partial charge in [0, 0.05) is 17.0 Å². The van der Waals surface area contributed by atoms with Crippen LogP contribution in [0.1, 0.15) is 20.1 Å². The molecular formula is C13H13N3O4S. The molecule has 0 aliphatic rings. The van der Waals surface area contributed by atoms with E-state index in [4.69, 9.17) is 10.6 Å². The third-order valence-corrected chi connectivity index (χ3v) is 3.81. The summed E-state index contributed by atoms with van der Waals surface area (Å²) in [5.74, 6) is 5.28. The number of nitro benzene ring substituents is 1. The van der Waals surface area contributed by atoms with E-state index in [1.807, 2.05) is 0 Å². The van der Waals surface area contributed by atoms with Crippen molar-refractivity contribution in [2.45, 2.75) is 13.5 Å². The molecule has 0 fully saturated rings. The first-order valence-corrected chi connectivity index (χ1v) is 6.80. The normalized spacial score (nSPS) is 10.2. The first kappa shape index (κ1) is 14.9. The molecule has 1 aromatic heterocycles. The van der Waals surface area contributed by atoms with E-state index >= 15 is 0 Å². The molecule has 0 atom stereocenters. The zero-order valence-corrected chi connectivity index (χ0v) is 12.0. The molecule has 0 radical (unpaired) electrons. The van der Waals surface area contributed by atoms with E-state index in [1.165, 1.54) is 23.5 Å². The number of non-ortho nitro benzene ring substituents is 1. The molecule has 1 heterocycles. The standard InChI is InChI=1S/C13H13N3O4S/c1-8-6-9(16(18)19)2-4-11(8)20-7-10-3-5-12(21-10)13(17)15-14/h2-6H,7,14H2,1H3,(H,15,17). The van der Waals surface area contributed by atoms with Crippen LogP contribution in [0.2, 0.25) is 0 Å². The van der Waals surface area contributed by atoms with Crippen molar-refractivity contribution in [3.63, 3.8) is 0 Å². The second kappa shape index (κ2) is 6.33. The quantitative estimate of drug-likeness (QED) is 0.381. The molecule has 0 spiro atoms. The van der Waals surface area contributed by atoms with Gasteiger partial charge in [0.2, 0.25) is 0 Å². The van der Waals surface area contributed by atoms with Crippen molar-refractivity contribution >= 4 is 22.9 Å². The monoisotopic (exact) mass is 307 g/mol. The highest BCUT2D eigenvalue weighted by Crippen LogP contribution is 2.25. The number of amides is 1. The summed E-state index contributed by atoms with van der Waals surface area (Å²) in [6.45, 7) is 2.02. The van der Waals surface area contributed by atoms with Gasteiger partial charge < -0.3 is 4.74 Å². The Balaban J connectivity index is 2.04. The van der Waals surface area contributed by atoms with Gasteiger partial charge in [-0.25, -0.2) is 5.84 Å². The van der Waals surface area contributed by atoms with Gasteiger partial charge in [-0.15, -0.1) is 11.3 Å². The predicted octanol–water partition coefficient (Wildman–Crippen LogP) is 2.15. The molecule has 8 heteroatoms. The highest BCUT2D eigenvalue weighted by molar-refractivity contribution is 7.14. The molecule has 1 aromatic carbocycles. The lowest BCUT2D eigenvalue weighted by Crippen LogP contribution is -2.29. The number of nitro groups is 1. The van der Waals surface area contributed by atoms with Gasteiger partial charge in [0.25, 0.3) is 11.6 Å². The number of ether oxygens (including phenoxy) is 1. The molecule has 0 bridgehead atoms. The van der Waals surface area contributed by atoms with Crippen LogP contribution in [0.3, 0.4) is 0 Å². The number of nitrogens with zero attached hydrogens (tertiary/aromatic N) is 1. The fraction of sp³-hybridized carbons (Fsp3) is 0.154. The Bertz CT molecular complexity index is 684. The maximum absolute atomic E-state index is 11.3. The molecule has 2 rings (SSSR count). The molecule has 0 aliphatic heterocycles. The number of nitrogen functional groups attached to an aromatic ring is 1. The predicted molar refractivity (Wildman–Crippen MR) is 78.1 cm³/mol. The maximum atomic E-state index is 11.3. The molecule has 21 heavy (non-hydrogen) atoms. The number of hydrogen-bond acceptors (Lipinski definition) is 6. The van der Waals surface area contributed by atoms with Crippen molar-refractivity contribution in [2.24, 2.45) is 5.84 Å². The summed E-state index contributed by atoms with van der Waals surface area (Å²) >= 11 is 1.27. The number of benzene rings is 1. The molecule has 0 saturated carbocycles. The Morgan fingerprint density at radius 3 is 2.81 bits per heavy atom. The van der Waals surface area contributed by atoms with Gasteiger partial charge in [0.15, 0.2) is 0 Å². The van der Waals surface area contributed by atoms with Crippen LogP contribution in [-0.4, -0.2) is 10.8 Å². The van der Waals surface area contributed by atoms with Gasteiger partial charge in [-0.05, 0) is 30.7 Å². The molecule has 2 aromatic rings. The van der Waals surface area contributed by atoms with E-state index in [0.717, 1.165) is 4.88 Å². The summed E-state index contributed by atoms with van der Waals surface area (Å²) in [6, 6.07) is 7.85. The SMILES string of the molecule is Cc1cc([N+](=O)[O-])ccc1OCc1ccc(C(=O)NN)s1. The van der Waals surface area contributed by atoms with Crippen LogP contribution in [-0.2, 0) is 6.61 Å². The Morgan fingerprint density at radius 2 is 2.19 bits per heavy atom. The second-order valence-corrected chi connectivity index (χ2v) is 5.40. The third-order valence-electron chi connectivity index (χ3n) is 2.76. The molecule has 0 aliphatic carbocycles. The van der Waals surface area contributed by atoms with E-state index in [9.17, 15) is 14.9 Å². The van der Waals surface area contributed by atoms with E-state index in [0.29, 0.717) is 16.2 Å². The summed E-state index contributed by atoms with van der Waals surface area (Å²) in [7, 11) is 0. The topological polar surface area (TPSA) is 107 Å². The van der Waals surface area contributed by atoms with Crippen LogP contribution in [0.15, 0.2) is 30.3 Å². The minimum absolute atomic E-state index is 0.0258. The van der Waals surface area contributed by atoms with E-state index in [-0.39, 0.29) is 18.2 Å². The largest absolute Gasteiger partial charge is 0.488 e. The van der Waals surface area contributed by atoms with Gasteiger partial charge in [0.1, 0.15) is 12.4 Å². The number of nitrogens with two attached hydrogens (primary N) is 1. The molecule has 7 nitrogen and oxygen atoms in total. The first-order chi connectivity index (χ1) is 10.0. The summed E-state index contributed by atoms with van der Waals surface area (Å²) in [6.07, 6.45) is 0. The smallest absolute Gasteiger partial charge is 0.275 e. The van der Waals surface area contributed by atoms with Crippen molar-refractivity contribution in [3.05, 3.63) is 55.8 Å². The number of nitrogens with one attached hydrogen (secondary N) is 1. The average molecular weight is 307 g/mol. The van der Waals surface area contributed by atoms with Crippen molar-refractivity contribution in [3.8, 4) is 5.75 Å². The molecule has 110 valence electrons. The summed E-state index contributed by atoms with van der Waals surface area (Å²) in [5.41, 5.74) is 2.77. The maximum Gasteiger partial charge on any atom is 0.275 e. The number of aryl methyl sites for hydroxylation is 1. The Labute approximate surface area is 124 Å². The fourth-order valence-corrected chi connectivity index (χ4v) is 2.53. The summed E-state index contributed by atoms with van der Waals surface area (Å²) < 4.78 is 5.61. The van der Waals surface area contributed by atoms with Crippen molar-refractivity contribution < 1.29 is 14.5 Å². The number of rotatable bonds is 5. The Morgan fingerprint density at radius 1 is 1.43 bits per heavy atom. The lowest BCUT2D eigenvalue weighted by molar-refractivity contribution is -0.384. The highest BCUT2D eigenvalue weighted by Gasteiger charge is 2.11. The second-order valence-electron chi connectivity index (χ2n) is 4.24. The summed E-state index contributed by atoms with van der Waals surface area (Å²) in [5, 5.41) is 10.7. The highest BCUT2D eigenvalue weighted by atomic mass is 32.1. The number of carbonyl (C=O) groups is 1. The minimum Gasteiger partial charge on any atom is -0.488 e. The van der Waals surface area contributed by atoms with Crippen LogP contribution in [0.4, 0.5) is 5.69 Å². The van der Waals surface area contributed by atoms with Gasteiger partial charge in [-0.3, -0.25) is 20.3 Å². The Hall–Kier alpha value is -2.45. The number of hydrogen-bond donors (Lipinski definition) is 2. The number of thiophene rings is 1. The van der Waals surface area contributed by atoms with Crippen LogP contribution >= 0.6 is 11.3 Å². The first-order valence-electron chi connectivity index (χ1n) is 5.98. The van der Waals surface area contributed by atoms with Crippen LogP contribution in [0, 0.1) is 17.0 Å². The number of carbonyl (C=O) groups excluding carboxylic acids is 1. The molecule has 3 N–H and O–H groups in total. The minimum atomic E-state index is -0.451. The average Bonchev–Trinajstić information content (AvgIpc) is 2.93. The van der Waals surface area contributed by atoms with Crippen molar-refractivity contribution in [1.29, 1.82) is 0 Å². The molecule has 0 unspecified atom stereocenters. The van der Waals surface area contributed by atoms with E-state index < -0.39 is 4.92 Å². The molecular weight excluding hydrogens is 294 g/mol. The van der Waals surface area contributed by atoms with Gasteiger partial charge in [0.05, 0.1) is 9.80 Å². The van der Waals surface area contributed by atoms with Gasteiger partial charge >= 0.3 is 0 Å².